The number of hydrogen-bond acceptors (Lipinski definition) is 2. The Hall–Kier alpha value is -1.93. The Bertz CT molecular complexity index is 536. The number of carbonyl (C=O) groups excluding carboxylic acids is 1. The third kappa shape index (κ3) is 3.09. The predicted molar refractivity (Wildman–Crippen MR) is 77.8 cm³/mol. The van der Waals surface area contributed by atoms with Gasteiger partial charge in [0, 0.05) is 6.54 Å². The van der Waals surface area contributed by atoms with Gasteiger partial charge in [-0.3, -0.25) is 10.1 Å². The van der Waals surface area contributed by atoms with E-state index >= 15 is 0 Å². The first-order valence-corrected chi connectivity index (χ1v) is 6.48. The predicted octanol–water partition coefficient (Wildman–Crippen LogP) is 3.28. The Morgan fingerprint density at radius 1 is 1.00 bits per heavy atom. The van der Waals surface area contributed by atoms with Gasteiger partial charge in [-0.2, -0.15) is 0 Å². The van der Waals surface area contributed by atoms with Gasteiger partial charge < -0.3 is 0 Å². The minimum absolute atomic E-state index is 0.120. The Balaban J connectivity index is 2.19. The highest BCUT2D eigenvalue weighted by Crippen LogP contribution is 2.22. The van der Waals surface area contributed by atoms with Crippen LogP contribution in [0.15, 0.2) is 60.7 Å². The molecule has 0 fully saturated rings. The SMILES string of the molecule is CC(=O)C(C)(NCc1ccccc1)c1ccccc1. The second-order valence-corrected chi connectivity index (χ2v) is 4.89. The fourth-order valence-corrected chi connectivity index (χ4v) is 2.08. The first-order chi connectivity index (χ1) is 9.13. The zero-order chi connectivity index (χ0) is 13.7. The molecule has 0 aliphatic rings. The highest BCUT2D eigenvalue weighted by Gasteiger charge is 2.30. The van der Waals surface area contributed by atoms with Crippen LogP contribution in [0.25, 0.3) is 0 Å². The highest BCUT2D eigenvalue weighted by molar-refractivity contribution is 5.87. The molecule has 0 saturated heterocycles. The third-order valence-electron chi connectivity index (χ3n) is 3.54. The maximum absolute atomic E-state index is 12.0. The van der Waals surface area contributed by atoms with Gasteiger partial charge in [-0.1, -0.05) is 60.7 Å². The Morgan fingerprint density at radius 2 is 1.53 bits per heavy atom. The molecule has 0 heterocycles. The summed E-state index contributed by atoms with van der Waals surface area (Å²) < 4.78 is 0. The van der Waals surface area contributed by atoms with Crippen molar-refractivity contribution >= 4 is 5.78 Å². The summed E-state index contributed by atoms with van der Waals surface area (Å²) >= 11 is 0. The number of ketones is 1. The number of nitrogens with one attached hydrogen (secondary N) is 1. The van der Waals surface area contributed by atoms with E-state index in [1.54, 1.807) is 6.92 Å². The number of benzene rings is 2. The molecule has 1 atom stereocenters. The van der Waals surface area contributed by atoms with Crippen LogP contribution in [0.4, 0.5) is 0 Å². The summed E-state index contributed by atoms with van der Waals surface area (Å²) in [4.78, 5) is 12.0. The van der Waals surface area contributed by atoms with E-state index in [2.05, 4.69) is 17.4 Å². The van der Waals surface area contributed by atoms with E-state index in [9.17, 15) is 4.79 Å². The topological polar surface area (TPSA) is 29.1 Å². The van der Waals surface area contributed by atoms with Crippen LogP contribution in [0.5, 0.6) is 0 Å². The molecule has 98 valence electrons. The van der Waals surface area contributed by atoms with E-state index in [1.807, 2.05) is 55.5 Å². The summed E-state index contributed by atoms with van der Waals surface area (Å²) in [6.07, 6.45) is 0. The van der Waals surface area contributed by atoms with Gasteiger partial charge in [-0.15, -0.1) is 0 Å². The Morgan fingerprint density at radius 3 is 2.05 bits per heavy atom. The van der Waals surface area contributed by atoms with E-state index in [-0.39, 0.29) is 5.78 Å². The van der Waals surface area contributed by atoms with Crippen molar-refractivity contribution < 1.29 is 4.79 Å². The van der Waals surface area contributed by atoms with E-state index in [0.29, 0.717) is 6.54 Å². The van der Waals surface area contributed by atoms with E-state index in [1.165, 1.54) is 5.56 Å². The molecule has 0 radical (unpaired) electrons. The van der Waals surface area contributed by atoms with Gasteiger partial charge in [0.25, 0.3) is 0 Å². The van der Waals surface area contributed by atoms with Crippen LogP contribution >= 0.6 is 0 Å². The first-order valence-electron chi connectivity index (χ1n) is 6.48. The fourth-order valence-electron chi connectivity index (χ4n) is 2.08. The van der Waals surface area contributed by atoms with Gasteiger partial charge in [0.05, 0.1) is 5.54 Å². The van der Waals surface area contributed by atoms with Crippen LogP contribution < -0.4 is 5.32 Å². The van der Waals surface area contributed by atoms with Crippen LogP contribution in [0.1, 0.15) is 25.0 Å². The first kappa shape index (κ1) is 13.5. The van der Waals surface area contributed by atoms with Crippen molar-refractivity contribution in [2.75, 3.05) is 0 Å². The normalized spacial score (nSPS) is 13.8. The van der Waals surface area contributed by atoms with Crippen LogP contribution in [0, 0.1) is 0 Å². The fraction of sp³-hybridized carbons (Fsp3) is 0.235. The van der Waals surface area contributed by atoms with E-state index in [0.717, 1.165) is 5.56 Å². The smallest absolute Gasteiger partial charge is 0.154 e. The molecule has 0 bridgehead atoms. The number of rotatable bonds is 5. The molecule has 1 N–H and O–H groups in total. The van der Waals surface area contributed by atoms with E-state index in [4.69, 9.17) is 0 Å². The van der Waals surface area contributed by atoms with Crippen LogP contribution in [-0.4, -0.2) is 5.78 Å². The number of carbonyl (C=O) groups is 1. The average molecular weight is 253 g/mol. The van der Waals surface area contributed by atoms with Crippen molar-refractivity contribution in [1.29, 1.82) is 0 Å². The number of Topliss-reactive ketones (excluding diaryl/α,β-unsaturated/α-hetero) is 1. The average Bonchev–Trinajstić information content (AvgIpc) is 2.46. The lowest BCUT2D eigenvalue weighted by molar-refractivity contribution is -0.123. The molecule has 2 heteroatoms. The molecule has 2 aromatic rings. The summed E-state index contributed by atoms with van der Waals surface area (Å²) in [6.45, 7) is 4.24. The third-order valence-corrected chi connectivity index (χ3v) is 3.54. The minimum atomic E-state index is -0.642. The second-order valence-electron chi connectivity index (χ2n) is 4.89. The van der Waals surface area contributed by atoms with Crippen LogP contribution in [0.3, 0.4) is 0 Å². The summed E-state index contributed by atoms with van der Waals surface area (Å²) in [5, 5.41) is 3.38. The summed E-state index contributed by atoms with van der Waals surface area (Å²) in [5.74, 6) is 0.120. The van der Waals surface area contributed by atoms with Gasteiger partial charge in [-0.05, 0) is 25.0 Å². The molecule has 1 unspecified atom stereocenters. The molecule has 0 aliphatic heterocycles. The molecule has 0 spiro atoms. The summed E-state index contributed by atoms with van der Waals surface area (Å²) in [7, 11) is 0. The maximum atomic E-state index is 12.0. The van der Waals surface area contributed by atoms with Gasteiger partial charge in [0.1, 0.15) is 0 Å². The molecule has 0 aliphatic carbocycles. The Labute approximate surface area is 114 Å². The lowest BCUT2D eigenvalue weighted by Gasteiger charge is -2.29. The summed E-state index contributed by atoms with van der Waals surface area (Å²) in [6, 6.07) is 20.0. The summed E-state index contributed by atoms with van der Waals surface area (Å²) in [5.41, 5.74) is 1.53. The van der Waals surface area contributed by atoms with Crippen LogP contribution in [-0.2, 0) is 16.9 Å². The molecule has 2 aromatic carbocycles. The molecule has 0 amide bonds. The van der Waals surface area contributed by atoms with Crippen molar-refractivity contribution in [2.45, 2.75) is 25.9 Å². The highest BCUT2D eigenvalue weighted by atomic mass is 16.1. The standard InChI is InChI=1S/C17H19NO/c1-14(19)17(2,16-11-7-4-8-12-16)18-13-15-9-5-3-6-10-15/h3-12,18H,13H2,1-2H3. The van der Waals surface area contributed by atoms with Gasteiger partial charge in [-0.25, -0.2) is 0 Å². The quantitative estimate of drug-likeness (QED) is 0.886. The van der Waals surface area contributed by atoms with E-state index < -0.39 is 5.54 Å². The monoisotopic (exact) mass is 253 g/mol. The van der Waals surface area contributed by atoms with Crippen LogP contribution in [0.2, 0.25) is 0 Å². The number of hydrogen-bond donors (Lipinski definition) is 1. The van der Waals surface area contributed by atoms with Gasteiger partial charge >= 0.3 is 0 Å². The molecular weight excluding hydrogens is 234 g/mol. The largest absolute Gasteiger partial charge is 0.298 e. The second kappa shape index (κ2) is 5.81. The van der Waals surface area contributed by atoms with Crippen molar-refractivity contribution in [3.8, 4) is 0 Å². The van der Waals surface area contributed by atoms with Gasteiger partial charge in [0.15, 0.2) is 5.78 Å². The Kier molecular flexibility index (Phi) is 4.13. The molecule has 2 nitrogen and oxygen atoms in total. The van der Waals surface area contributed by atoms with Gasteiger partial charge in [0.2, 0.25) is 0 Å². The molecule has 0 aromatic heterocycles. The lowest BCUT2D eigenvalue weighted by Crippen LogP contribution is -2.45. The zero-order valence-electron chi connectivity index (χ0n) is 11.4. The molecule has 19 heavy (non-hydrogen) atoms. The van der Waals surface area contributed by atoms with Crippen molar-refractivity contribution in [3.63, 3.8) is 0 Å². The lowest BCUT2D eigenvalue weighted by atomic mass is 9.88. The van der Waals surface area contributed by atoms with Crippen molar-refractivity contribution in [2.24, 2.45) is 0 Å². The van der Waals surface area contributed by atoms with Crippen molar-refractivity contribution in [1.82, 2.24) is 5.32 Å². The minimum Gasteiger partial charge on any atom is -0.298 e. The molecular formula is C17H19NO. The zero-order valence-corrected chi connectivity index (χ0v) is 11.4. The molecule has 2 rings (SSSR count). The molecule has 0 saturated carbocycles. The maximum Gasteiger partial charge on any atom is 0.154 e. The van der Waals surface area contributed by atoms with Crippen molar-refractivity contribution in [3.05, 3.63) is 71.8 Å².